The molecule has 2 N–H and O–H groups in total. The van der Waals surface area contributed by atoms with E-state index in [1.165, 1.54) is 11.3 Å². The fourth-order valence-corrected chi connectivity index (χ4v) is 1.68. The minimum Gasteiger partial charge on any atom is -0.481 e. The lowest BCUT2D eigenvalue weighted by Crippen LogP contribution is -2.54. The largest absolute Gasteiger partial charge is 0.481 e. The molecule has 5 heteroatoms. The first-order chi connectivity index (χ1) is 7.27. The van der Waals surface area contributed by atoms with Crippen molar-refractivity contribution in [3.05, 3.63) is 16.6 Å². The predicted molar refractivity (Wildman–Crippen MR) is 64.4 cm³/mol. The Labute approximate surface area is 99.7 Å². The van der Waals surface area contributed by atoms with Gasteiger partial charge in [0.15, 0.2) is 0 Å². The normalized spacial score (nSPS) is 12.8. The highest BCUT2D eigenvalue weighted by molar-refractivity contribution is 7.07. The van der Waals surface area contributed by atoms with E-state index in [1.54, 1.807) is 19.4 Å². The lowest BCUT2D eigenvalue weighted by Gasteiger charge is -2.38. The lowest BCUT2D eigenvalue weighted by molar-refractivity contribution is -0.151. The summed E-state index contributed by atoms with van der Waals surface area (Å²) >= 11 is 1.54. The van der Waals surface area contributed by atoms with Crippen LogP contribution in [0.25, 0.3) is 0 Å². The van der Waals surface area contributed by atoms with Crippen LogP contribution in [0.2, 0.25) is 0 Å². The fraction of sp³-hybridized carbons (Fsp3) is 0.636. The molecule has 16 heavy (non-hydrogen) atoms. The summed E-state index contributed by atoms with van der Waals surface area (Å²) in [6.07, 6.45) is 0. The number of carbonyl (C=O) groups is 1. The Morgan fingerprint density at radius 1 is 1.50 bits per heavy atom. The zero-order chi connectivity index (χ0) is 12.4. The van der Waals surface area contributed by atoms with Crippen LogP contribution in [0.3, 0.4) is 0 Å². The van der Waals surface area contributed by atoms with Crippen LogP contribution in [0.4, 0.5) is 0 Å². The molecular weight excluding hydrogens is 224 g/mol. The quantitative estimate of drug-likeness (QED) is 0.830. The average Bonchev–Trinajstić information content (AvgIpc) is 2.66. The van der Waals surface area contributed by atoms with Crippen LogP contribution in [0, 0.1) is 5.41 Å². The number of nitrogens with one attached hydrogen (secondary N) is 1. The number of nitrogens with zero attached hydrogens (tertiary/aromatic N) is 1. The summed E-state index contributed by atoms with van der Waals surface area (Å²) in [6.45, 7) is 7.83. The van der Waals surface area contributed by atoms with Crippen molar-refractivity contribution in [3.8, 4) is 0 Å². The first kappa shape index (κ1) is 13.1. The van der Waals surface area contributed by atoms with Gasteiger partial charge in [-0.05, 0) is 27.7 Å². The molecule has 0 radical (unpaired) electrons. The van der Waals surface area contributed by atoms with Gasteiger partial charge < -0.3 is 10.4 Å². The van der Waals surface area contributed by atoms with E-state index in [-0.39, 0.29) is 0 Å². The molecule has 0 aliphatic heterocycles. The van der Waals surface area contributed by atoms with Gasteiger partial charge in [0.2, 0.25) is 0 Å². The Hall–Kier alpha value is -0.940. The maximum absolute atomic E-state index is 11.2. The number of hydrogen-bond acceptors (Lipinski definition) is 4. The summed E-state index contributed by atoms with van der Waals surface area (Å²) in [6, 6.07) is 0. The standard InChI is InChI=1S/C11H18N2O2S/c1-10(2,9(14)15)11(3,4)13-5-8-6-16-7-12-8/h6-7,13H,5H2,1-4H3,(H,14,15). The molecule has 1 aromatic heterocycles. The van der Waals surface area contributed by atoms with Crippen LogP contribution in [0.1, 0.15) is 33.4 Å². The summed E-state index contributed by atoms with van der Waals surface area (Å²) in [4.78, 5) is 15.3. The Morgan fingerprint density at radius 3 is 2.56 bits per heavy atom. The first-order valence-corrected chi connectivity index (χ1v) is 6.07. The Bertz CT molecular complexity index is 358. The zero-order valence-corrected chi connectivity index (χ0v) is 10.9. The average molecular weight is 242 g/mol. The Kier molecular flexibility index (Phi) is 3.70. The maximum Gasteiger partial charge on any atom is 0.310 e. The van der Waals surface area contributed by atoms with Crippen LogP contribution in [0.5, 0.6) is 0 Å². The third-order valence-corrected chi connectivity index (χ3v) is 3.93. The molecule has 0 saturated carbocycles. The van der Waals surface area contributed by atoms with Gasteiger partial charge in [-0.1, -0.05) is 0 Å². The number of rotatable bonds is 5. The monoisotopic (exact) mass is 242 g/mol. The van der Waals surface area contributed by atoms with E-state index in [0.29, 0.717) is 6.54 Å². The molecule has 0 atom stereocenters. The van der Waals surface area contributed by atoms with E-state index in [9.17, 15) is 9.90 Å². The second-order valence-electron chi connectivity index (χ2n) is 4.89. The minimum absolute atomic E-state index is 0.498. The van der Waals surface area contributed by atoms with Gasteiger partial charge in [0, 0.05) is 17.5 Å². The number of hydrogen-bond donors (Lipinski definition) is 2. The smallest absolute Gasteiger partial charge is 0.310 e. The van der Waals surface area contributed by atoms with Crippen LogP contribution < -0.4 is 5.32 Å². The number of thiazole rings is 1. The minimum atomic E-state index is -0.830. The molecule has 0 aliphatic rings. The SMILES string of the molecule is CC(C)(NCc1cscn1)C(C)(C)C(=O)O. The van der Waals surface area contributed by atoms with Gasteiger partial charge in [0.25, 0.3) is 0 Å². The van der Waals surface area contributed by atoms with Gasteiger partial charge >= 0.3 is 5.97 Å². The third-order valence-electron chi connectivity index (χ3n) is 3.29. The molecule has 4 nitrogen and oxygen atoms in total. The molecule has 90 valence electrons. The highest BCUT2D eigenvalue weighted by Gasteiger charge is 2.43. The molecule has 1 aromatic rings. The molecule has 0 aliphatic carbocycles. The molecule has 0 bridgehead atoms. The van der Waals surface area contributed by atoms with Crippen molar-refractivity contribution < 1.29 is 9.90 Å². The number of carboxylic acid groups (broad SMARTS) is 1. The maximum atomic E-state index is 11.2. The fourth-order valence-electron chi connectivity index (χ4n) is 1.12. The van der Waals surface area contributed by atoms with Gasteiger partial charge in [-0.25, -0.2) is 4.98 Å². The van der Waals surface area contributed by atoms with E-state index < -0.39 is 16.9 Å². The molecular formula is C11H18N2O2S. The van der Waals surface area contributed by atoms with Crippen molar-refractivity contribution in [2.24, 2.45) is 5.41 Å². The van der Waals surface area contributed by atoms with E-state index in [2.05, 4.69) is 10.3 Å². The molecule has 1 rings (SSSR count). The van der Waals surface area contributed by atoms with Crippen molar-refractivity contribution in [3.63, 3.8) is 0 Å². The van der Waals surface area contributed by atoms with Crippen LogP contribution in [-0.4, -0.2) is 21.6 Å². The Morgan fingerprint density at radius 2 is 2.12 bits per heavy atom. The second kappa shape index (κ2) is 4.51. The molecule has 1 heterocycles. The predicted octanol–water partition coefficient (Wildman–Crippen LogP) is 2.12. The molecule has 0 amide bonds. The summed E-state index contributed by atoms with van der Waals surface area (Å²) in [5, 5.41) is 14.4. The van der Waals surface area contributed by atoms with Crippen molar-refractivity contribution >= 4 is 17.3 Å². The first-order valence-electron chi connectivity index (χ1n) is 5.13. The highest BCUT2D eigenvalue weighted by atomic mass is 32.1. The van der Waals surface area contributed by atoms with Crippen LogP contribution in [0.15, 0.2) is 10.9 Å². The lowest BCUT2D eigenvalue weighted by atomic mass is 9.74. The number of aliphatic carboxylic acids is 1. The molecule has 0 unspecified atom stereocenters. The zero-order valence-electron chi connectivity index (χ0n) is 10.1. The van der Waals surface area contributed by atoms with E-state index >= 15 is 0 Å². The molecule has 0 saturated heterocycles. The summed E-state index contributed by atoms with van der Waals surface area (Å²) < 4.78 is 0. The molecule has 0 fully saturated rings. The van der Waals surface area contributed by atoms with E-state index in [1.807, 2.05) is 19.2 Å². The topological polar surface area (TPSA) is 62.2 Å². The number of aromatic nitrogens is 1. The van der Waals surface area contributed by atoms with Crippen LogP contribution in [-0.2, 0) is 11.3 Å². The van der Waals surface area contributed by atoms with Crippen molar-refractivity contribution in [2.75, 3.05) is 0 Å². The van der Waals surface area contributed by atoms with Gasteiger partial charge in [-0.3, -0.25) is 4.79 Å². The van der Waals surface area contributed by atoms with Crippen molar-refractivity contribution in [2.45, 2.75) is 39.8 Å². The second-order valence-corrected chi connectivity index (χ2v) is 5.61. The molecule has 0 aromatic carbocycles. The molecule has 0 spiro atoms. The van der Waals surface area contributed by atoms with Gasteiger partial charge in [-0.15, -0.1) is 11.3 Å². The van der Waals surface area contributed by atoms with Crippen LogP contribution >= 0.6 is 11.3 Å². The van der Waals surface area contributed by atoms with Crippen molar-refractivity contribution in [1.82, 2.24) is 10.3 Å². The van der Waals surface area contributed by atoms with Gasteiger partial charge in [0.05, 0.1) is 16.6 Å². The van der Waals surface area contributed by atoms with E-state index in [4.69, 9.17) is 0 Å². The summed E-state index contributed by atoms with van der Waals surface area (Å²) in [5.74, 6) is -0.803. The third kappa shape index (κ3) is 2.59. The summed E-state index contributed by atoms with van der Waals surface area (Å²) in [5.41, 5.74) is 1.39. The van der Waals surface area contributed by atoms with Gasteiger partial charge in [-0.2, -0.15) is 0 Å². The Balaban J connectivity index is 2.68. The number of carboxylic acids is 1. The summed E-state index contributed by atoms with van der Waals surface area (Å²) in [7, 11) is 0. The highest BCUT2D eigenvalue weighted by Crippen LogP contribution is 2.30. The van der Waals surface area contributed by atoms with Crippen molar-refractivity contribution in [1.29, 1.82) is 0 Å². The van der Waals surface area contributed by atoms with E-state index in [0.717, 1.165) is 5.69 Å². The van der Waals surface area contributed by atoms with Gasteiger partial charge in [0.1, 0.15) is 0 Å².